The van der Waals surface area contributed by atoms with E-state index in [2.05, 4.69) is 25.1 Å². The van der Waals surface area contributed by atoms with Crippen molar-refractivity contribution in [1.82, 2.24) is 25.1 Å². The number of nitrogens with one attached hydrogen (secondary N) is 1. The Morgan fingerprint density at radius 2 is 1.94 bits per heavy atom. The number of amides is 1. The molecular weight excluding hydrogens is 453 g/mol. The van der Waals surface area contributed by atoms with Crippen LogP contribution >= 0.6 is 0 Å². The van der Waals surface area contributed by atoms with Crippen molar-refractivity contribution >= 4 is 16.8 Å². The number of nitrogens with zero attached hydrogens (tertiary/aromatic N) is 4. The minimum Gasteiger partial charge on any atom is -0.471 e. The van der Waals surface area contributed by atoms with Gasteiger partial charge in [0.05, 0.1) is 24.2 Å². The molecule has 0 aromatic carbocycles. The number of aliphatic hydroxyl groups excluding tert-OH is 1. The number of aliphatic hydroxyl groups is 1. The molecule has 8 nitrogen and oxygen atoms in total. The van der Waals surface area contributed by atoms with Crippen LogP contribution < -0.4 is 10.1 Å². The maximum absolute atomic E-state index is 12.9. The van der Waals surface area contributed by atoms with Crippen LogP contribution in [-0.2, 0) is 17.8 Å². The molecule has 178 valence electrons. The third kappa shape index (κ3) is 6.34. The van der Waals surface area contributed by atoms with Gasteiger partial charge in [0.1, 0.15) is 0 Å². The molecule has 3 heterocycles. The molecule has 0 radical (unpaired) electrons. The van der Waals surface area contributed by atoms with Crippen LogP contribution in [0.15, 0.2) is 36.8 Å². The molecule has 0 aliphatic rings. The number of carbonyl (C=O) groups is 1. The lowest BCUT2D eigenvalue weighted by Crippen LogP contribution is -2.41. The van der Waals surface area contributed by atoms with E-state index in [0.717, 1.165) is 0 Å². The van der Waals surface area contributed by atoms with E-state index in [9.17, 15) is 26.7 Å². The van der Waals surface area contributed by atoms with E-state index in [0.29, 0.717) is 35.1 Å². The predicted octanol–water partition coefficient (Wildman–Crippen LogP) is 2.49. The number of hydrogen-bond acceptors (Lipinski definition) is 6. The summed E-state index contributed by atoms with van der Waals surface area (Å²) >= 11 is 0. The van der Waals surface area contributed by atoms with Gasteiger partial charge in [-0.15, -0.1) is 0 Å². The second-order valence-electron chi connectivity index (χ2n) is 7.12. The first-order chi connectivity index (χ1) is 15.6. The van der Waals surface area contributed by atoms with Crippen molar-refractivity contribution in [3.63, 3.8) is 0 Å². The summed E-state index contributed by atoms with van der Waals surface area (Å²) < 4.78 is 68.5. The van der Waals surface area contributed by atoms with Crippen LogP contribution in [0.1, 0.15) is 17.7 Å². The van der Waals surface area contributed by atoms with Gasteiger partial charge in [-0.25, -0.2) is 4.98 Å². The Kier molecular flexibility index (Phi) is 7.41. The van der Waals surface area contributed by atoms with Crippen molar-refractivity contribution in [2.24, 2.45) is 0 Å². The fourth-order valence-electron chi connectivity index (χ4n) is 2.82. The van der Waals surface area contributed by atoms with Crippen LogP contribution in [0.25, 0.3) is 10.9 Å². The summed E-state index contributed by atoms with van der Waals surface area (Å²) in [6.45, 7) is -1.31. The Hall–Kier alpha value is -3.35. The van der Waals surface area contributed by atoms with Gasteiger partial charge in [-0.2, -0.15) is 27.1 Å². The molecule has 0 atom stereocenters. The Bertz CT molecular complexity index is 1090. The molecule has 1 amide bonds. The van der Waals surface area contributed by atoms with Crippen molar-refractivity contribution in [3.8, 4) is 5.88 Å². The second kappa shape index (κ2) is 10.1. The van der Waals surface area contributed by atoms with Crippen LogP contribution in [0.2, 0.25) is 0 Å². The molecule has 3 aromatic rings. The van der Waals surface area contributed by atoms with Gasteiger partial charge in [-0.1, -0.05) is 6.07 Å². The molecule has 0 saturated carbocycles. The van der Waals surface area contributed by atoms with Crippen molar-refractivity contribution in [3.05, 3.63) is 48.0 Å². The monoisotopic (exact) mass is 473 g/mol. The molecule has 0 bridgehead atoms. The minimum atomic E-state index is -5.71. The number of halogens is 5. The van der Waals surface area contributed by atoms with E-state index in [1.54, 1.807) is 16.9 Å². The van der Waals surface area contributed by atoms with E-state index in [-0.39, 0.29) is 31.4 Å². The largest absolute Gasteiger partial charge is 0.471 e. The van der Waals surface area contributed by atoms with Gasteiger partial charge >= 0.3 is 12.1 Å². The topological polar surface area (TPSA) is 102 Å². The van der Waals surface area contributed by atoms with Gasteiger partial charge in [0, 0.05) is 43.2 Å². The highest BCUT2D eigenvalue weighted by molar-refractivity contribution is 5.86. The zero-order valence-electron chi connectivity index (χ0n) is 17.1. The lowest BCUT2D eigenvalue weighted by atomic mass is 10.2. The number of carbonyl (C=O) groups excluding carboxylic acids is 1. The predicted molar refractivity (Wildman–Crippen MR) is 106 cm³/mol. The molecule has 0 aliphatic carbocycles. The highest BCUT2D eigenvalue weighted by atomic mass is 19.4. The van der Waals surface area contributed by atoms with E-state index in [4.69, 9.17) is 5.11 Å². The summed E-state index contributed by atoms with van der Waals surface area (Å²) in [7, 11) is 0. The third-order valence-electron chi connectivity index (χ3n) is 4.51. The van der Waals surface area contributed by atoms with Gasteiger partial charge in [-0.3, -0.25) is 14.5 Å². The number of rotatable bonds is 10. The molecule has 13 heteroatoms. The minimum absolute atomic E-state index is 0.0249. The average Bonchev–Trinajstić information content (AvgIpc) is 3.16. The molecule has 33 heavy (non-hydrogen) atoms. The van der Waals surface area contributed by atoms with E-state index in [1.807, 2.05) is 0 Å². The summed E-state index contributed by atoms with van der Waals surface area (Å²) in [5, 5.41) is 16.5. The Morgan fingerprint density at radius 1 is 1.15 bits per heavy atom. The van der Waals surface area contributed by atoms with Crippen LogP contribution in [0.3, 0.4) is 0 Å². The number of pyridine rings is 2. The molecule has 2 N–H and O–H groups in total. The van der Waals surface area contributed by atoms with Crippen molar-refractivity contribution in [2.75, 3.05) is 19.8 Å². The number of alkyl halides is 5. The Labute approximate surface area is 184 Å². The third-order valence-corrected chi connectivity index (χ3v) is 4.51. The normalized spacial score (nSPS) is 12.2. The van der Waals surface area contributed by atoms with Crippen LogP contribution in [-0.4, -0.2) is 62.6 Å². The smallest absolute Gasteiger partial charge is 0.456 e. The van der Waals surface area contributed by atoms with Crippen LogP contribution in [0.5, 0.6) is 5.88 Å². The average molecular weight is 473 g/mol. The van der Waals surface area contributed by atoms with E-state index >= 15 is 0 Å². The van der Waals surface area contributed by atoms with Gasteiger partial charge in [0.25, 0.3) is 0 Å². The summed E-state index contributed by atoms with van der Waals surface area (Å²) in [6, 6.07) is 4.33. The Morgan fingerprint density at radius 3 is 2.61 bits per heavy atom. The fourth-order valence-corrected chi connectivity index (χ4v) is 2.82. The molecule has 0 saturated heterocycles. The lowest BCUT2D eigenvalue weighted by molar-refractivity contribution is -0.290. The second-order valence-corrected chi connectivity index (χ2v) is 7.12. The van der Waals surface area contributed by atoms with E-state index in [1.165, 1.54) is 24.5 Å². The highest BCUT2D eigenvalue weighted by Gasteiger charge is 2.58. The zero-order valence-corrected chi connectivity index (χ0v) is 17.1. The van der Waals surface area contributed by atoms with Crippen LogP contribution in [0, 0.1) is 0 Å². The number of ether oxygens (including phenoxy) is 1. The molecular formula is C20H20F5N5O3. The van der Waals surface area contributed by atoms with Crippen molar-refractivity contribution in [1.29, 1.82) is 0 Å². The first kappa shape index (κ1) is 24.3. The summed E-state index contributed by atoms with van der Waals surface area (Å²) in [6.07, 6.45) is -0.730. The van der Waals surface area contributed by atoms with Gasteiger partial charge in [0.15, 0.2) is 6.61 Å². The first-order valence-electron chi connectivity index (χ1n) is 9.80. The quantitative estimate of drug-likeness (QED) is 0.347. The van der Waals surface area contributed by atoms with Gasteiger partial charge in [0.2, 0.25) is 11.8 Å². The Balaban J connectivity index is 1.64. The maximum atomic E-state index is 12.9. The first-order valence-corrected chi connectivity index (χ1v) is 9.80. The molecule has 0 unspecified atom stereocenters. The lowest BCUT2D eigenvalue weighted by Gasteiger charge is -2.19. The summed E-state index contributed by atoms with van der Waals surface area (Å²) in [5.41, 5.74) is 1.71. The maximum Gasteiger partial charge on any atom is 0.456 e. The van der Waals surface area contributed by atoms with Crippen molar-refractivity contribution < 1.29 is 36.6 Å². The number of fused-ring (bicyclic) bond motifs is 1. The van der Waals surface area contributed by atoms with E-state index < -0.39 is 18.7 Å². The standard InChI is InChI=1S/C20H20F5N5O3/c21-19(22,20(23,24)25)12-33-18-3-2-13(9-28-18)10-30-11-14-15(29-30)4-6-26-16(14)8-17(32)27-5-1-7-31/h2-4,6,9,11,31H,1,5,7-8,10,12H2,(H,27,32). The molecule has 0 fully saturated rings. The van der Waals surface area contributed by atoms with Gasteiger partial charge < -0.3 is 15.2 Å². The highest BCUT2D eigenvalue weighted by Crippen LogP contribution is 2.35. The summed E-state index contributed by atoms with van der Waals surface area (Å²) in [5.74, 6) is -5.59. The molecule has 3 aromatic heterocycles. The number of hydrogen-bond donors (Lipinski definition) is 2. The number of aromatic nitrogens is 4. The summed E-state index contributed by atoms with van der Waals surface area (Å²) in [4.78, 5) is 20.0. The van der Waals surface area contributed by atoms with Crippen LogP contribution in [0.4, 0.5) is 22.0 Å². The van der Waals surface area contributed by atoms with Gasteiger partial charge in [-0.05, 0) is 18.1 Å². The molecule has 0 aliphatic heterocycles. The molecule has 3 rings (SSSR count). The zero-order chi connectivity index (χ0) is 24.1. The SMILES string of the molecule is O=C(Cc1nccc2nn(Cc3ccc(OCC(F)(F)C(F)(F)F)nc3)cc12)NCCCO. The molecule has 0 spiro atoms. The van der Waals surface area contributed by atoms with Crippen molar-refractivity contribution in [2.45, 2.75) is 31.5 Å². The fraction of sp³-hybridized carbons (Fsp3) is 0.400.